The predicted molar refractivity (Wildman–Crippen MR) is 61.2 cm³/mol. The van der Waals surface area contributed by atoms with Crippen LogP contribution in [-0.2, 0) is 6.42 Å². The van der Waals surface area contributed by atoms with Gasteiger partial charge in [0.2, 0.25) is 0 Å². The van der Waals surface area contributed by atoms with E-state index in [1.807, 2.05) is 32.8 Å². The van der Waals surface area contributed by atoms with E-state index in [1.54, 1.807) is 11.3 Å². The van der Waals surface area contributed by atoms with E-state index >= 15 is 0 Å². The van der Waals surface area contributed by atoms with Crippen molar-refractivity contribution in [1.82, 2.24) is 4.98 Å². The molecule has 0 aliphatic rings. The molecule has 0 bridgehead atoms. The van der Waals surface area contributed by atoms with Crippen molar-refractivity contribution in [2.45, 2.75) is 32.8 Å². The van der Waals surface area contributed by atoms with Gasteiger partial charge in [0.1, 0.15) is 0 Å². The molecule has 1 rings (SSSR count). The summed E-state index contributed by atoms with van der Waals surface area (Å²) in [7, 11) is 3.99. The molecular formula is C10H18N2OS. The highest BCUT2D eigenvalue weighted by molar-refractivity contribution is 7.15. The van der Waals surface area contributed by atoms with E-state index in [9.17, 15) is 5.11 Å². The molecule has 14 heavy (non-hydrogen) atoms. The first-order chi connectivity index (χ1) is 6.50. The predicted octanol–water partition coefficient (Wildman–Crippen LogP) is 1.83. The number of nitrogens with zero attached hydrogens (tertiary/aromatic N) is 2. The number of aromatic nitrogens is 1. The minimum Gasteiger partial charge on any atom is -0.393 e. The summed E-state index contributed by atoms with van der Waals surface area (Å²) in [6, 6.07) is 0. The molecule has 80 valence electrons. The zero-order chi connectivity index (χ0) is 10.7. The number of aryl methyl sites for hydroxylation is 2. The minimum absolute atomic E-state index is 0.223. The van der Waals surface area contributed by atoms with Crippen molar-refractivity contribution < 1.29 is 5.11 Å². The van der Waals surface area contributed by atoms with Gasteiger partial charge in [-0.3, -0.25) is 0 Å². The van der Waals surface area contributed by atoms with E-state index in [1.165, 1.54) is 4.88 Å². The van der Waals surface area contributed by atoms with Gasteiger partial charge in [-0.2, -0.15) is 0 Å². The number of thiazole rings is 1. The van der Waals surface area contributed by atoms with Gasteiger partial charge in [-0.25, -0.2) is 4.98 Å². The Labute approximate surface area is 89.4 Å². The third-order valence-corrected chi connectivity index (χ3v) is 3.44. The van der Waals surface area contributed by atoms with Crippen LogP contribution in [-0.4, -0.2) is 30.3 Å². The number of anilines is 1. The average molecular weight is 214 g/mol. The molecule has 0 aromatic carbocycles. The van der Waals surface area contributed by atoms with E-state index < -0.39 is 0 Å². The topological polar surface area (TPSA) is 36.4 Å². The van der Waals surface area contributed by atoms with Crippen LogP contribution < -0.4 is 4.90 Å². The smallest absolute Gasteiger partial charge is 0.185 e. The maximum absolute atomic E-state index is 9.19. The van der Waals surface area contributed by atoms with Crippen molar-refractivity contribution in [3.05, 3.63) is 10.6 Å². The Balaban J connectivity index is 2.67. The number of aliphatic hydroxyl groups excluding tert-OH is 1. The highest BCUT2D eigenvalue weighted by Crippen LogP contribution is 2.25. The van der Waals surface area contributed by atoms with Crippen LogP contribution in [0, 0.1) is 6.92 Å². The molecule has 1 aromatic heterocycles. The van der Waals surface area contributed by atoms with Crippen molar-refractivity contribution in [3.63, 3.8) is 0 Å². The third kappa shape index (κ3) is 2.96. The van der Waals surface area contributed by atoms with Crippen molar-refractivity contribution in [3.8, 4) is 0 Å². The molecular weight excluding hydrogens is 196 g/mol. The quantitative estimate of drug-likeness (QED) is 0.830. The van der Waals surface area contributed by atoms with Crippen LogP contribution in [0.25, 0.3) is 0 Å². The monoisotopic (exact) mass is 214 g/mol. The first kappa shape index (κ1) is 11.5. The fourth-order valence-corrected chi connectivity index (χ4v) is 2.17. The molecule has 0 fully saturated rings. The van der Waals surface area contributed by atoms with E-state index in [-0.39, 0.29) is 6.10 Å². The van der Waals surface area contributed by atoms with Crippen LogP contribution in [0.2, 0.25) is 0 Å². The largest absolute Gasteiger partial charge is 0.393 e. The Morgan fingerprint density at radius 2 is 2.14 bits per heavy atom. The second-order valence-corrected chi connectivity index (χ2v) is 4.85. The van der Waals surface area contributed by atoms with Crippen molar-refractivity contribution in [2.24, 2.45) is 0 Å². The molecule has 0 radical (unpaired) electrons. The summed E-state index contributed by atoms with van der Waals surface area (Å²) >= 11 is 1.71. The first-order valence-corrected chi connectivity index (χ1v) is 5.64. The molecule has 0 aliphatic heterocycles. The summed E-state index contributed by atoms with van der Waals surface area (Å²) in [5, 5.41) is 10.2. The van der Waals surface area contributed by atoms with E-state index in [0.717, 1.165) is 23.7 Å². The average Bonchev–Trinajstić information content (AvgIpc) is 2.43. The Hall–Kier alpha value is -0.610. The Kier molecular flexibility index (Phi) is 3.89. The lowest BCUT2D eigenvalue weighted by molar-refractivity contribution is 0.185. The SMILES string of the molecule is Cc1nc(N(C)C)sc1CCC(C)O. The summed E-state index contributed by atoms with van der Waals surface area (Å²) < 4.78 is 0. The van der Waals surface area contributed by atoms with Gasteiger partial charge in [0.15, 0.2) is 5.13 Å². The fraction of sp³-hybridized carbons (Fsp3) is 0.700. The third-order valence-electron chi connectivity index (χ3n) is 2.05. The van der Waals surface area contributed by atoms with Gasteiger partial charge < -0.3 is 10.0 Å². The zero-order valence-electron chi connectivity index (χ0n) is 9.24. The molecule has 0 spiro atoms. The lowest BCUT2D eigenvalue weighted by atomic mass is 10.2. The van der Waals surface area contributed by atoms with Gasteiger partial charge in [0, 0.05) is 19.0 Å². The van der Waals surface area contributed by atoms with Crippen LogP contribution in [0.4, 0.5) is 5.13 Å². The molecule has 0 saturated heterocycles. The standard InChI is InChI=1S/C10H18N2OS/c1-7(13)5-6-9-8(2)11-10(14-9)12(3)4/h7,13H,5-6H2,1-4H3. The molecule has 0 saturated carbocycles. The second-order valence-electron chi connectivity index (χ2n) is 3.79. The maximum Gasteiger partial charge on any atom is 0.185 e. The Morgan fingerprint density at radius 1 is 1.50 bits per heavy atom. The van der Waals surface area contributed by atoms with Gasteiger partial charge in [0.05, 0.1) is 11.8 Å². The van der Waals surface area contributed by atoms with Crippen LogP contribution in [0.1, 0.15) is 23.9 Å². The molecule has 3 nitrogen and oxygen atoms in total. The number of aliphatic hydroxyl groups is 1. The summed E-state index contributed by atoms with van der Waals surface area (Å²) in [4.78, 5) is 7.75. The Morgan fingerprint density at radius 3 is 2.57 bits per heavy atom. The van der Waals surface area contributed by atoms with E-state index in [0.29, 0.717) is 0 Å². The fourth-order valence-electron chi connectivity index (χ4n) is 1.18. The minimum atomic E-state index is -0.223. The van der Waals surface area contributed by atoms with Crippen LogP contribution in [0.3, 0.4) is 0 Å². The van der Waals surface area contributed by atoms with Crippen molar-refractivity contribution >= 4 is 16.5 Å². The lowest BCUT2D eigenvalue weighted by Gasteiger charge is -2.05. The lowest BCUT2D eigenvalue weighted by Crippen LogP contribution is -2.07. The second kappa shape index (κ2) is 4.75. The molecule has 1 heterocycles. The molecule has 1 aromatic rings. The van der Waals surface area contributed by atoms with Gasteiger partial charge in [0.25, 0.3) is 0 Å². The van der Waals surface area contributed by atoms with Gasteiger partial charge in [-0.1, -0.05) is 0 Å². The first-order valence-electron chi connectivity index (χ1n) is 4.82. The normalized spacial score (nSPS) is 12.9. The molecule has 1 unspecified atom stereocenters. The molecule has 0 aliphatic carbocycles. The van der Waals surface area contributed by atoms with E-state index in [4.69, 9.17) is 0 Å². The van der Waals surface area contributed by atoms with Crippen LogP contribution in [0.15, 0.2) is 0 Å². The maximum atomic E-state index is 9.19. The summed E-state index contributed by atoms with van der Waals surface area (Å²) in [6.45, 7) is 3.85. The zero-order valence-corrected chi connectivity index (χ0v) is 10.1. The number of hydrogen-bond acceptors (Lipinski definition) is 4. The van der Waals surface area contributed by atoms with Crippen LogP contribution >= 0.6 is 11.3 Å². The van der Waals surface area contributed by atoms with E-state index in [2.05, 4.69) is 4.98 Å². The molecule has 4 heteroatoms. The molecule has 1 N–H and O–H groups in total. The number of rotatable bonds is 4. The van der Waals surface area contributed by atoms with Gasteiger partial charge in [-0.05, 0) is 26.7 Å². The van der Waals surface area contributed by atoms with Gasteiger partial charge >= 0.3 is 0 Å². The van der Waals surface area contributed by atoms with Crippen molar-refractivity contribution in [1.29, 1.82) is 0 Å². The van der Waals surface area contributed by atoms with Crippen LogP contribution in [0.5, 0.6) is 0 Å². The van der Waals surface area contributed by atoms with Crippen molar-refractivity contribution in [2.75, 3.05) is 19.0 Å². The molecule has 1 atom stereocenters. The summed E-state index contributed by atoms with van der Waals surface area (Å²) in [6.07, 6.45) is 1.52. The summed E-state index contributed by atoms with van der Waals surface area (Å²) in [5.74, 6) is 0. The van der Waals surface area contributed by atoms with Gasteiger partial charge in [-0.15, -0.1) is 11.3 Å². The molecule has 0 amide bonds. The summed E-state index contributed by atoms with van der Waals surface area (Å²) in [5.41, 5.74) is 1.10. The highest BCUT2D eigenvalue weighted by Gasteiger charge is 2.09. The number of hydrogen-bond donors (Lipinski definition) is 1. The highest BCUT2D eigenvalue weighted by atomic mass is 32.1. The Bertz CT molecular complexity index is 294.